The van der Waals surface area contributed by atoms with Gasteiger partial charge in [0.25, 0.3) is 0 Å². The molecule has 0 unspecified atom stereocenters. The lowest BCUT2D eigenvalue weighted by molar-refractivity contribution is 1.21. The number of aromatic amines is 1. The molecule has 96 valence electrons. The van der Waals surface area contributed by atoms with E-state index in [1.54, 1.807) is 6.33 Å². The zero-order valence-corrected chi connectivity index (χ0v) is 12.7. The summed E-state index contributed by atoms with van der Waals surface area (Å²) in [4.78, 5) is 15.3. The van der Waals surface area contributed by atoms with E-state index < -0.39 is 0 Å². The normalized spacial score (nSPS) is 10.8. The van der Waals surface area contributed by atoms with Crippen molar-refractivity contribution in [2.75, 3.05) is 11.1 Å². The number of nitrogens with two attached hydrogens (primary N) is 1. The van der Waals surface area contributed by atoms with Crippen molar-refractivity contribution in [2.24, 2.45) is 0 Å². The molecule has 0 amide bonds. The van der Waals surface area contributed by atoms with E-state index in [0.29, 0.717) is 17.0 Å². The summed E-state index contributed by atoms with van der Waals surface area (Å²) in [5.74, 6) is 0.762. The van der Waals surface area contributed by atoms with Crippen LogP contribution in [0.5, 0.6) is 0 Å². The highest BCUT2D eigenvalue weighted by atomic mass is 79.9. The summed E-state index contributed by atoms with van der Waals surface area (Å²) in [5, 5.41) is 3.20. The van der Waals surface area contributed by atoms with Crippen LogP contribution in [0.3, 0.4) is 0 Å². The first-order chi connectivity index (χ1) is 9.13. The first-order valence-electron chi connectivity index (χ1n) is 5.32. The third-order valence-electron chi connectivity index (χ3n) is 2.49. The van der Waals surface area contributed by atoms with Gasteiger partial charge in [0.1, 0.15) is 5.52 Å². The van der Waals surface area contributed by atoms with Gasteiger partial charge >= 0.3 is 0 Å². The quantitative estimate of drug-likeness (QED) is 0.631. The van der Waals surface area contributed by atoms with E-state index in [0.717, 1.165) is 14.6 Å². The van der Waals surface area contributed by atoms with Crippen molar-refractivity contribution in [3.63, 3.8) is 0 Å². The fraction of sp³-hybridized carbons (Fsp3) is 0. The third-order valence-corrected chi connectivity index (χ3v) is 3.64. The minimum atomic E-state index is 0.176. The number of aromatic nitrogens is 4. The molecule has 0 fully saturated rings. The van der Waals surface area contributed by atoms with E-state index in [9.17, 15) is 0 Å². The molecule has 2 aromatic heterocycles. The zero-order chi connectivity index (χ0) is 13.4. The Morgan fingerprint density at radius 1 is 1.21 bits per heavy atom. The number of hydrogen-bond acceptors (Lipinski definition) is 5. The van der Waals surface area contributed by atoms with Gasteiger partial charge in [-0.3, -0.25) is 0 Å². The van der Waals surface area contributed by atoms with Crippen LogP contribution in [0.25, 0.3) is 11.2 Å². The molecule has 0 radical (unpaired) electrons. The second kappa shape index (κ2) is 4.78. The van der Waals surface area contributed by atoms with E-state index in [4.69, 9.17) is 5.73 Å². The van der Waals surface area contributed by atoms with Crippen molar-refractivity contribution in [1.82, 2.24) is 19.9 Å². The summed E-state index contributed by atoms with van der Waals surface area (Å²) >= 11 is 6.89. The Labute approximate surface area is 125 Å². The van der Waals surface area contributed by atoms with Crippen LogP contribution in [-0.2, 0) is 0 Å². The summed E-state index contributed by atoms with van der Waals surface area (Å²) in [6.45, 7) is 0. The van der Waals surface area contributed by atoms with Crippen molar-refractivity contribution in [1.29, 1.82) is 0 Å². The van der Waals surface area contributed by atoms with Crippen LogP contribution < -0.4 is 11.1 Å². The maximum Gasteiger partial charge on any atom is 0.224 e. The number of nitrogens with zero attached hydrogens (tertiary/aromatic N) is 3. The predicted octanol–water partition coefficient (Wildman–Crippen LogP) is 3.20. The Bertz CT molecular complexity index is 754. The molecule has 3 rings (SSSR count). The fourth-order valence-corrected chi connectivity index (χ4v) is 2.81. The Kier molecular flexibility index (Phi) is 3.11. The van der Waals surface area contributed by atoms with Crippen LogP contribution in [0.4, 0.5) is 17.5 Å². The number of H-pyrrole nitrogens is 1. The Morgan fingerprint density at radius 3 is 2.84 bits per heavy atom. The Balaban J connectivity index is 2.07. The predicted molar refractivity (Wildman–Crippen MR) is 81.2 cm³/mol. The highest BCUT2D eigenvalue weighted by molar-refractivity contribution is 9.11. The molecular formula is C11H8Br2N6. The van der Waals surface area contributed by atoms with Crippen molar-refractivity contribution in [3.05, 3.63) is 33.5 Å². The monoisotopic (exact) mass is 382 g/mol. The minimum Gasteiger partial charge on any atom is -0.368 e. The molecule has 1 aromatic carbocycles. The number of rotatable bonds is 2. The van der Waals surface area contributed by atoms with Crippen LogP contribution in [0.2, 0.25) is 0 Å². The van der Waals surface area contributed by atoms with Crippen molar-refractivity contribution in [2.45, 2.75) is 0 Å². The average Bonchev–Trinajstić information content (AvgIpc) is 2.80. The largest absolute Gasteiger partial charge is 0.368 e. The van der Waals surface area contributed by atoms with Gasteiger partial charge in [0.2, 0.25) is 5.95 Å². The van der Waals surface area contributed by atoms with Crippen LogP contribution in [-0.4, -0.2) is 19.9 Å². The smallest absolute Gasteiger partial charge is 0.224 e. The van der Waals surface area contributed by atoms with E-state index in [-0.39, 0.29) is 5.95 Å². The number of benzene rings is 1. The molecule has 8 heteroatoms. The van der Waals surface area contributed by atoms with E-state index >= 15 is 0 Å². The van der Waals surface area contributed by atoms with Gasteiger partial charge in [-0.25, -0.2) is 4.98 Å². The molecule has 0 aliphatic carbocycles. The van der Waals surface area contributed by atoms with Gasteiger partial charge in [0.05, 0.1) is 12.0 Å². The van der Waals surface area contributed by atoms with Crippen molar-refractivity contribution in [3.8, 4) is 0 Å². The molecule has 4 N–H and O–H groups in total. The van der Waals surface area contributed by atoms with Gasteiger partial charge in [-0.2, -0.15) is 9.97 Å². The first-order valence-corrected chi connectivity index (χ1v) is 6.91. The lowest BCUT2D eigenvalue weighted by atomic mass is 10.3. The number of hydrogen-bond donors (Lipinski definition) is 3. The van der Waals surface area contributed by atoms with Crippen molar-refractivity contribution >= 4 is 60.5 Å². The number of imidazole rings is 1. The van der Waals surface area contributed by atoms with Crippen LogP contribution in [0.15, 0.2) is 33.5 Å². The highest BCUT2D eigenvalue weighted by Crippen LogP contribution is 2.30. The number of nitrogens with one attached hydrogen (secondary N) is 2. The summed E-state index contributed by atoms with van der Waals surface area (Å²) in [5.41, 5.74) is 7.78. The highest BCUT2D eigenvalue weighted by Gasteiger charge is 2.10. The standard InChI is InChI=1S/C11H8Br2N6/c12-5-1-2-7(6(13)3-5)17-10-8-9(16-4-15-8)18-11(14)19-10/h1-4H,(H4,14,15,16,17,18,19). The first kappa shape index (κ1) is 12.4. The molecule has 0 saturated carbocycles. The average molecular weight is 384 g/mol. The molecule has 0 atom stereocenters. The molecule has 0 aliphatic heterocycles. The third kappa shape index (κ3) is 2.41. The van der Waals surface area contributed by atoms with Crippen molar-refractivity contribution < 1.29 is 0 Å². The van der Waals surface area contributed by atoms with Gasteiger partial charge < -0.3 is 16.0 Å². The molecule has 19 heavy (non-hydrogen) atoms. The van der Waals surface area contributed by atoms with Gasteiger partial charge in [0.15, 0.2) is 11.5 Å². The Hall–Kier alpha value is -1.67. The summed E-state index contributed by atoms with van der Waals surface area (Å²) in [6.07, 6.45) is 1.56. The van der Waals surface area contributed by atoms with Crippen LogP contribution in [0.1, 0.15) is 0 Å². The molecule has 6 nitrogen and oxygen atoms in total. The van der Waals surface area contributed by atoms with E-state index in [1.165, 1.54) is 0 Å². The molecule has 3 aromatic rings. The second-order valence-electron chi connectivity index (χ2n) is 3.78. The lowest BCUT2D eigenvalue weighted by Crippen LogP contribution is -2.01. The number of halogens is 2. The molecule has 0 saturated heterocycles. The molecule has 0 spiro atoms. The number of nitrogen functional groups attached to an aromatic ring is 1. The lowest BCUT2D eigenvalue weighted by Gasteiger charge is -2.09. The van der Waals surface area contributed by atoms with Gasteiger partial charge in [-0.15, -0.1) is 0 Å². The van der Waals surface area contributed by atoms with Crippen LogP contribution in [0, 0.1) is 0 Å². The van der Waals surface area contributed by atoms with E-state index in [1.807, 2.05) is 18.2 Å². The summed E-state index contributed by atoms with van der Waals surface area (Å²) < 4.78 is 1.89. The van der Waals surface area contributed by atoms with Crippen LogP contribution >= 0.6 is 31.9 Å². The number of anilines is 3. The minimum absolute atomic E-state index is 0.176. The molecule has 0 aliphatic rings. The zero-order valence-electron chi connectivity index (χ0n) is 9.48. The second-order valence-corrected chi connectivity index (χ2v) is 5.55. The maximum absolute atomic E-state index is 5.66. The molecule has 2 heterocycles. The van der Waals surface area contributed by atoms with Gasteiger partial charge in [-0.1, -0.05) is 15.9 Å². The van der Waals surface area contributed by atoms with E-state index in [2.05, 4.69) is 57.1 Å². The molecule has 0 bridgehead atoms. The van der Waals surface area contributed by atoms with Gasteiger partial charge in [-0.05, 0) is 34.1 Å². The number of fused-ring (bicyclic) bond motifs is 1. The topological polar surface area (TPSA) is 92.5 Å². The molecular weight excluding hydrogens is 376 g/mol. The van der Waals surface area contributed by atoms with Gasteiger partial charge in [0, 0.05) is 8.95 Å². The maximum atomic E-state index is 5.66. The Morgan fingerprint density at radius 2 is 2.05 bits per heavy atom. The SMILES string of the molecule is Nc1nc(Nc2ccc(Br)cc2Br)c2[nH]cnc2n1. The fourth-order valence-electron chi connectivity index (χ4n) is 1.66. The summed E-state index contributed by atoms with van der Waals surface area (Å²) in [7, 11) is 0. The summed E-state index contributed by atoms with van der Waals surface area (Å²) in [6, 6.07) is 5.80.